The lowest BCUT2D eigenvalue weighted by atomic mass is 10.2. The van der Waals surface area contributed by atoms with E-state index in [1.165, 1.54) is 0 Å². The van der Waals surface area contributed by atoms with E-state index in [0.29, 0.717) is 12.4 Å². The highest BCUT2D eigenvalue weighted by Gasteiger charge is 2.16. The summed E-state index contributed by atoms with van der Waals surface area (Å²) in [5, 5.41) is 12.8. The molecule has 1 atom stereocenters. The summed E-state index contributed by atoms with van der Waals surface area (Å²) in [6, 6.07) is 17.3. The number of aliphatic hydroxyl groups is 1. The van der Waals surface area contributed by atoms with Gasteiger partial charge in [0, 0.05) is 6.54 Å². The number of rotatable bonds is 5. The van der Waals surface area contributed by atoms with Gasteiger partial charge in [-0.25, -0.2) is 4.98 Å². The van der Waals surface area contributed by atoms with Crippen LogP contribution in [0.2, 0.25) is 0 Å². The van der Waals surface area contributed by atoms with Gasteiger partial charge >= 0.3 is 0 Å². The molecule has 2 aromatic carbocycles. The van der Waals surface area contributed by atoms with Gasteiger partial charge in [-0.15, -0.1) is 0 Å². The zero-order chi connectivity index (χ0) is 16.2. The molecule has 0 radical (unpaired) electrons. The largest absolute Gasteiger partial charge is 0.385 e. The number of amides is 1. The van der Waals surface area contributed by atoms with Crippen molar-refractivity contribution in [1.82, 2.24) is 14.9 Å². The summed E-state index contributed by atoms with van der Waals surface area (Å²) in [4.78, 5) is 16.7. The number of hydrogen-bond donors (Lipinski definition) is 2. The SMILES string of the molecule is CC(O)c1nc2ccccc2n1CC(=O)NCc1ccccc1. The maximum absolute atomic E-state index is 12.3. The van der Waals surface area contributed by atoms with Crippen LogP contribution in [0, 0.1) is 0 Å². The summed E-state index contributed by atoms with van der Waals surface area (Å²) >= 11 is 0. The minimum Gasteiger partial charge on any atom is -0.385 e. The number of carbonyl (C=O) groups is 1. The fraction of sp³-hybridized carbons (Fsp3) is 0.222. The van der Waals surface area contributed by atoms with E-state index < -0.39 is 6.10 Å². The Morgan fingerprint density at radius 2 is 1.87 bits per heavy atom. The first-order valence-corrected chi connectivity index (χ1v) is 7.59. The van der Waals surface area contributed by atoms with Crippen molar-refractivity contribution in [2.24, 2.45) is 0 Å². The Balaban J connectivity index is 1.77. The zero-order valence-electron chi connectivity index (χ0n) is 12.9. The Morgan fingerprint density at radius 1 is 1.17 bits per heavy atom. The molecule has 0 saturated carbocycles. The van der Waals surface area contributed by atoms with E-state index >= 15 is 0 Å². The monoisotopic (exact) mass is 309 g/mol. The Labute approximate surface area is 134 Å². The number of benzene rings is 2. The first-order chi connectivity index (χ1) is 11.1. The van der Waals surface area contributed by atoms with E-state index in [1.807, 2.05) is 54.6 Å². The molecule has 1 aromatic heterocycles. The van der Waals surface area contributed by atoms with Crippen molar-refractivity contribution in [3.05, 3.63) is 66.0 Å². The Kier molecular flexibility index (Phi) is 4.39. The molecule has 0 fully saturated rings. The summed E-state index contributed by atoms with van der Waals surface area (Å²) < 4.78 is 1.76. The van der Waals surface area contributed by atoms with Gasteiger partial charge in [-0.1, -0.05) is 42.5 Å². The Bertz CT molecular complexity index is 810. The second-order valence-corrected chi connectivity index (χ2v) is 5.48. The molecule has 118 valence electrons. The lowest BCUT2D eigenvalue weighted by molar-refractivity contribution is -0.121. The number of aromatic nitrogens is 2. The molecular formula is C18H19N3O2. The lowest BCUT2D eigenvalue weighted by Crippen LogP contribution is -2.28. The van der Waals surface area contributed by atoms with Gasteiger partial charge in [0.05, 0.1) is 11.0 Å². The minimum atomic E-state index is -0.732. The van der Waals surface area contributed by atoms with Crippen LogP contribution in [-0.4, -0.2) is 20.6 Å². The average Bonchev–Trinajstić information content (AvgIpc) is 2.93. The molecule has 0 saturated heterocycles. The predicted octanol–water partition coefficient (Wildman–Crippen LogP) is 2.41. The third kappa shape index (κ3) is 3.40. The maximum Gasteiger partial charge on any atom is 0.240 e. The van der Waals surface area contributed by atoms with E-state index in [9.17, 15) is 9.90 Å². The van der Waals surface area contributed by atoms with Crippen LogP contribution in [0.5, 0.6) is 0 Å². The molecule has 2 N–H and O–H groups in total. The molecule has 0 bridgehead atoms. The van der Waals surface area contributed by atoms with Gasteiger partial charge in [-0.3, -0.25) is 4.79 Å². The molecular weight excluding hydrogens is 290 g/mol. The summed E-state index contributed by atoms with van der Waals surface area (Å²) in [6.07, 6.45) is -0.732. The Morgan fingerprint density at radius 3 is 2.61 bits per heavy atom. The minimum absolute atomic E-state index is 0.112. The third-order valence-corrected chi connectivity index (χ3v) is 3.69. The number of nitrogens with zero attached hydrogens (tertiary/aromatic N) is 2. The van der Waals surface area contributed by atoms with Gasteiger partial charge in [0.2, 0.25) is 5.91 Å². The number of nitrogens with one attached hydrogen (secondary N) is 1. The van der Waals surface area contributed by atoms with Crippen molar-refractivity contribution in [3.8, 4) is 0 Å². The highest BCUT2D eigenvalue weighted by Crippen LogP contribution is 2.20. The van der Waals surface area contributed by atoms with Crippen LogP contribution >= 0.6 is 0 Å². The van der Waals surface area contributed by atoms with Gasteiger partial charge in [0.15, 0.2) is 0 Å². The molecule has 5 heteroatoms. The molecule has 0 spiro atoms. The number of carbonyl (C=O) groups excluding carboxylic acids is 1. The van der Waals surface area contributed by atoms with E-state index in [1.54, 1.807) is 11.5 Å². The standard InChI is InChI=1S/C18H19N3O2/c1-13(22)18-20-15-9-5-6-10-16(15)21(18)12-17(23)19-11-14-7-3-2-4-8-14/h2-10,13,22H,11-12H2,1H3,(H,19,23). The first-order valence-electron chi connectivity index (χ1n) is 7.59. The molecule has 5 nitrogen and oxygen atoms in total. The van der Waals surface area contributed by atoms with Gasteiger partial charge in [-0.05, 0) is 24.6 Å². The van der Waals surface area contributed by atoms with Gasteiger partial charge in [0.25, 0.3) is 0 Å². The number of fused-ring (bicyclic) bond motifs is 1. The van der Waals surface area contributed by atoms with Crippen molar-refractivity contribution in [2.45, 2.75) is 26.1 Å². The van der Waals surface area contributed by atoms with Crippen LogP contribution in [0.4, 0.5) is 0 Å². The van der Waals surface area contributed by atoms with Crippen molar-refractivity contribution >= 4 is 16.9 Å². The molecule has 0 aliphatic carbocycles. The van der Waals surface area contributed by atoms with E-state index in [-0.39, 0.29) is 12.5 Å². The highest BCUT2D eigenvalue weighted by molar-refractivity contribution is 5.81. The summed E-state index contributed by atoms with van der Waals surface area (Å²) in [6.45, 7) is 2.27. The molecule has 0 aliphatic heterocycles. The summed E-state index contributed by atoms with van der Waals surface area (Å²) in [7, 11) is 0. The molecule has 3 aromatic rings. The Hall–Kier alpha value is -2.66. The van der Waals surface area contributed by atoms with Crippen molar-refractivity contribution < 1.29 is 9.90 Å². The molecule has 23 heavy (non-hydrogen) atoms. The fourth-order valence-corrected chi connectivity index (χ4v) is 2.58. The number of hydrogen-bond acceptors (Lipinski definition) is 3. The molecule has 1 unspecified atom stereocenters. The first kappa shape index (κ1) is 15.2. The van der Waals surface area contributed by atoms with E-state index in [0.717, 1.165) is 16.6 Å². The molecule has 1 amide bonds. The smallest absolute Gasteiger partial charge is 0.240 e. The predicted molar refractivity (Wildman–Crippen MR) is 88.7 cm³/mol. The number of para-hydroxylation sites is 2. The molecule has 1 heterocycles. The second-order valence-electron chi connectivity index (χ2n) is 5.48. The second kappa shape index (κ2) is 6.62. The quantitative estimate of drug-likeness (QED) is 0.760. The fourth-order valence-electron chi connectivity index (χ4n) is 2.58. The summed E-state index contributed by atoms with van der Waals surface area (Å²) in [5.41, 5.74) is 2.67. The number of imidazole rings is 1. The van der Waals surface area contributed by atoms with Gasteiger partial charge in [-0.2, -0.15) is 0 Å². The lowest BCUT2D eigenvalue weighted by Gasteiger charge is -2.11. The van der Waals surface area contributed by atoms with Crippen molar-refractivity contribution in [1.29, 1.82) is 0 Å². The van der Waals surface area contributed by atoms with Crippen molar-refractivity contribution in [2.75, 3.05) is 0 Å². The maximum atomic E-state index is 12.3. The van der Waals surface area contributed by atoms with Crippen LogP contribution < -0.4 is 5.32 Å². The van der Waals surface area contributed by atoms with Crippen LogP contribution in [0.3, 0.4) is 0 Å². The summed E-state index contributed by atoms with van der Waals surface area (Å²) in [5.74, 6) is 0.389. The van der Waals surface area contributed by atoms with Crippen LogP contribution in [-0.2, 0) is 17.9 Å². The highest BCUT2D eigenvalue weighted by atomic mass is 16.3. The topological polar surface area (TPSA) is 67.2 Å². The van der Waals surface area contributed by atoms with Gasteiger partial charge < -0.3 is 15.0 Å². The van der Waals surface area contributed by atoms with Crippen LogP contribution in [0.1, 0.15) is 24.4 Å². The number of aliphatic hydroxyl groups excluding tert-OH is 1. The molecule has 0 aliphatic rings. The van der Waals surface area contributed by atoms with Crippen LogP contribution in [0.15, 0.2) is 54.6 Å². The van der Waals surface area contributed by atoms with E-state index in [4.69, 9.17) is 0 Å². The normalized spacial score (nSPS) is 12.3. The zero-order valence-corrected chi connectivity index (χ0v) is 12.9. The van der Waals surface area contributed by atoms with Gasteiger partial charge in [0.1, 0.15) is 18.5 Å². The average molecular weight is 309 g/mol. The molecule has 3 rings (SSSR count). The third-order valence-electron chi connectivity index (χ3n) is 3.69. The van der Waals surface area contributed by atoms with Crippen LogP contribution in [0.25, 0.3) is 11.0 Å². The van der Waals surface area contributed by atoms with Crippen molar-refractivity contribution in [3.63, 3.8) is 0 Å². The van der Waals surface area contributed by atoms with E-state index in [2.05, 4.69) is 10.3 Å².